The molecule has 0 spiro atoms. The van der Waals surface area contributed by atoms with E-state index in [1.54, 1.807) is 18.3 Å². The van der Waals surface area contributed by atoms with Crippen LogP contribution in [-0.4, -0.2) is 21.0 Å². The molecule has 2 aromatic heterocycles. The van der Waals surface area contributed by atoms with Crippen LogP contribution in [0.15, 0.2) is 48.8 Å². The fraction of sp³-hybridized carbons (Fsp3) is 0. The summed E-state index contributed by atoms with van der Waals surface area (Å²) in [5, 5.41) is 10.1. The first-order valence-corrected chi connectivity index (χ1v) is 6.43. The van der Waals surface area contributed by atoms with E-state index < -0.39 is 5.97 Å². The van der Waals surface area contributed by atoms with Crippen LogP contribution in [0.2, 0.25) is 5.02 Å². The topological polar surface area (TPSA) is 72.3 Å². The Balaban J connectivity index is 1.94. The average Bonchev–Trinajstić information content (AvgIpc) is 2.49. The van der Waals surface area contributed by atoms with Crippen molar-refractivity contribution in [1.29, 1.82) is 0 Å². The van der Waals surface area contributed by atoms with Crippen LogP contribution in [0.1, 0.15) is 10.4 Å². The molecule has 5 nitrogen and oxygen atoms in total. The molecule has 0 bridgehead atoms. The number of ether oxygens (including phenoxy) is 1. The number of benzene rings is 1. The molecular formula is C15H9ClN2O3. The minimum atomic E-state index is -1.13. The van der Waals surface area contributed by atoms with Gasteiger partial charge in [-0.25, -0.2) is 9.78 Å². The Bertz CT molecular complexity index is 836. The molecule has 0 amide bonds. The quantitative estimate of drug-likeness (QED) is 0.797. The fourth-order valence-electron chi connectivity index (χ4n) is 1.87. The number of rotatable bonds is 3. The third-order valence-electron chi connectivity index (χ3n) is 2.86. The van der Waals surface area contributed by atoms with Gasteiger partial charge in [-0.3, -0.25) is 4.98 Å². The summed E-state index contributed by atoms with van der Waals surface area (Å²) in [5.41, 5.74) is 0.725. The molecule has 3 rings (SSSR count). The lowest BCUT2D eigenvalue weighted by Gasteiger charge is -2.07. The number of nitrogens with zero attached hydrogens (tertiary/aromatic N) is 2. The molecule has 0 unspecified atom stereocenters. The Labute approximate surface area is 124 Å². The summed E-state index contributed by atoms with van der Waals surface area (Å²) in [6.45, 7) is 0. The largest absolute Gasteiger partial charge is 0.478 e. The fourth-order valence-corrected chi connectivity index (χ4v) is 2.05. The molecule has 6 heteroatoms. The van der Waals surface area contributed by atoms with Crippen LogP contribution in [0.25, 0.3) is 10.9 Å². The summed E-state index contributed by atoms with van der Waals surface area (Å²) in [7, 11) is 0. The molecule has 104 valence electrons. The van der Waals surface area contributed by atoms with Crippen molar-refractivity contribution < 1.29 is 14.6 Å². The van der Waals surface area contributed by atoms with Gasteiger partial charge in [0.05, 0.1) is 22.3 Å². The van der Waals surface area contributed by atoms with Gasteiger partial charge in [0.15, 0.2) is 0 Å². The van der Waals surface area contributed by atoms with Gasteiger partial charge >= 0.3 is 5.97 Å². The van der Waals surface area contributed by atoms with Gasteiger partial charge in [0, 0.05) is 23.7 Å². The maximum atomic E-state index is 11.0. The van der Waals surface area contributed by atoms with Gasteiger partial charge in [-0.1, -0.05) is 17.7 Å². The van der Waals surface area contributed by atoms with Crippen LogP contribution < -0.4 is 4.74 Å². The van der Waals surface area contributed by atoms with Gasteiger partial charge in [-0.2, -0.15) is 0 Å². The van der Waals surface area contributed by atoms with E-state index >= 15 is 0 Å². The maximum Gasteiger partial charge on any atom is 0.337 e. The number of fused-ring (bicyclic) bond motifs is 1. The second-order valence-electron chi connectivity index (χ2n) is 4.27. The van der Waals surface area contributed by atoms with Crippen LogP contribution in [0.5, 0.6) is 11.6 Å². The molecular weight excluding hydrogens is 292 g/mol. The Kier molecular flexibility index (Phi) is 3.41. The highest BCUT2D eigenvalue weighted by atomic mass is 35.5. The van der Waals surface area contributed by atoms with Crippen LogP contribution in [0.3, 0.4) is 0 Å². The minimum absolute atomic E-state index is 0.0550. The molecule has 0 saturated heterocycles. The molecule has 1 N–H and O–H groups in total. The van der Waals surface area contributed by atoms with Crippen molar-refractivity contribution in [3.05, 3.63) is 59.4 Å². The molecule has 0 atom stereocenters. The number of pyridine rings is 2. The van der Waals surface area contributed by atoms with Crippen molar-refractivity contribution in [1.82, 2.24) is 9.97 Å². The van der Waals surface area contributed by atoms with Gasteiger partial charge in [0.25, 0.3) is 0 Å². The number of hydrogen-bond donors (Lipinski definition) is 1. The molecule has 0 aliphatic rings. The molecule has 2 heterocycles. The summed E-state index contributed by atoms with van der Waals surface area (Å²) in [5.74, 6) is -0.452. The van der Waals surface area contributed by atoms with Crippen molar-refractivity contribution >= 4 is 28.5 Å². The maximum absolute atomic E-state index is 11.0. The highest BCUT2D eigenvalue weighted by Gasteiger charge is 2.11. The van der Waals surface area contributed by atoms with Crippen LogP contribution >= 0.6 is 11.6 Å². The monoisotopic (exact) mass is 300 g/mol. The first-order chi connectivity index (χ1) is 10.1. The summed E-state index contributed by atoms with van der Waals surface area (Å²) in [6.07, 6.45) is 2.94. The van der Waals surface area contributed by atoms with Gasteiger partial charge in [0.1, 0.15) is 5.75 Å². The number of halogens is 1. The van der Waals surface area contributed by atoms with E-state index in [1.165, 1.54) is 12.3 Å². The lowest BCUT2D eigenvalue weighted by Crippen LogP contribution is -1.99. The number of carboxylic acid groups (broad SMARTS) is 1. The number of carboxylic acids is 1. The average molecular weight is 301 g/mol. The van der Waals surface area contributed by atoms with E-state index in [-0.39, 0.29) is 16.5 Å². The van der Waals surface area contributed by atoms with Crippen molar-refractivity contribution in [2.45, 2.75) is 0 Å². The van der Waals surface area contributed by atoms with E-state index in [1.807, 2.05) is 18.2 Å². The molecule has 0 aliphatic heterocycles. The first-order valence-electron chi connectivity index (χ1n) is 6.05. The number of hydrogen-bond acceptors (Lipinski definition) is 4. The highest BCUT2D eigenvalue weighted by molar-refractivity contribution is 6.33. The first kappa shape index (κ1) is 13.3. The molecule has 21 heavy (non-hydrogen) atoms. The predicted octanol–water partition coefficient (Wildman–Crippen LogP) is 3.77. The van der Waals surface area contributed by atoms with E-state index in [0.29, 0.717) is 5.75 Å². The number of aromatic nitrogens is 2. The lowest BCUT2D eigenvalue weighted by atomic mass is 10.2. The SMILES string of the molecule is O=C(O)c1cc(Oc2ccc3cccnc3c2)ncc1Cl. The molecule has 0 saturated carbocycles. The van der Waals surface area contributed by atoms with Crippen molar-refractivity contribution in [2.75, 3.05) is 0 Å². The second-order valence-corrected chi connectivity index (χ2v) is 4.67. The third kappa shape index (κ3) is 2.78. The summed E-state index contributed by atoms with van der Waals surface area (Å²) in [6, 6.07) is 10.5. The molecule has 0 aliphatic carbocycles. The van der Waals surface area contributed by atoms with Crippen molar-refractivity contribution in [3.8, 4) is 11.6 Å². The van der Waals surface area contributed by atoms with Crippen molar-refractivity contribution in [2.24, 2.45) is 0 Å². The number of aromatic carboxylic acids is 1. The predicted molar refractivity (Wildman–Crippen MR) is 78.0 cm³/mol. The normalized spacial score (nSPS) is 10.5. The van der Waals surface area contributed by atoms with Gasteiger partial charge in [0.2, 0.25) is 5.88 Å². The van der Waals surface area contributed by atoms with Crippen molar-refractivity contribution in [3.63, 3.8) is 0 Å². The molecule has 1 aromatic carbocycles. The van der Waals surface area contributed by atoms with E-state index in [9.17, 15) is 4.79 Å². The minimum Gasteiger partial charge on any atom is -0.478 e. The lowest BCUT2D eigenvalue weighted by molar-refractivity contribution is 0.0696. The molecule has 3 aromatic rings. The zero-order valence-corrected chi connectivity index (χ0v) is 11.4. The van der Waals surface area contributed by atoms with E-state index in [4.69, 9.17) is 21.4 Å². The Morgan fingerprint density at radius 3 is 2.86 bits per heavy atom. The van der Waals surface area contributed by atoms with Crippen LogP contribution in [0, 0.1) is 0 Å². The molecule has 0 fully saturated rings. The summed E-state index contributed by atoms with van der Waals surface area (Å²) < 4.78 is 5.56. The van der Waals surface area contributed by atoms with Gasteiger partial charge in [-0.15, -0.1) is 0 Å². The van der Waals surface area contributed by atoms with Crippen LogP contribution in [-0.2, 0) is 0 Å². The Morgan fingerprint density at radius 1 is 1.19 bits per heavy atom. The highest BCUT2D eigenvalue weighted by Crippen LogP contribution is 2.26. The smallest absolute Gasteiger partial charge is 0.337 e. The zero-order valence-electron chi connectivity index (χ0n) is 10.7. The molecule has 0 radical (unpaired) electrons. The Morgan fingerprint density at radius 2 is 2.05 bits per heavy atom. The van der Waals surface area contributed by atoms with E-state index in [2.05, 4.69) is 9.97 Å². The van der Waals surface area contributed by atoms with E-state index in [0.717, 1.165) is 10.9 Å². The zero-order chi connectivity index (χ0) is 14.8. The third-order valence-corrected chi connectivity index (χ3v) is 3.16. The van der Waals surface area contributed by atoms with Crippen LogP contribution in [0.4, 0.5) is 0 Å². The second kappa shape index (κ2) is 5.38. The van der Waals surface area contributed by atoms with Gasteiger partial charge in [-0.05, 0) is 18.2 Å². The summed E-state index contributed by atoms with van der Waals surface area (Å²) >= 11 is 5.76. The Hall–Kier alpha value is -2.66. The summed E-state index contributed by atoms with van der Waals surface area (Å²) in [4.78, 5) is 19.2. The number of carbonyl (C=O) groups is 1. The van der Waals surface area contributed by atoms with Gasteiger partial charge < -0.3 is 9.84 Å². The standard InChI is InChI=1S/C15H9ClN2O3/c16-12-8-18-14(7-11(12)15(19)20)21-10-4-3-9-2-1-5-17-13(9)6-10/h1-8H,(H,19,20).